The summed E-state index contributed by atoms with van der Waals surface area (Å²) < 4.78 is 52.1. The summed E-state index contributed by atoms with van der Waals surface area (Å²) in [4.78, 5) is 151. The fourth-order valence-electron chi connectivity index (χ4n) is 11.6. The van der Waals surface area contributed by atoms with Crippen molar-refractivity contribution in [2.75, 3.05) is 53.4 Å². The highest BCUT2D eigenvalue weighted by Gasteiger charge is 2.55. The van der Waals surface area contributed by atoms with Gasteiger partial charge in [0.1, 0.15) is 47.4 Å². The van der Waals surface area contributed by atoms with Crippen molar-refractivity contribution < 1.29 is 101 Å². The molecule has 9 atom stereocenters. The third-order valence-corrected chi connectivity index (χ3v) is 17.1. The number of rotatable bonds is 18. The molecule has 1 aromatic carbocycles. The smallest absolute Gasteiger partial charge is 0.410 e. The number of carbonyl (C=O) groups is 9. The molecule has 28 nitrogen and oxygen atoms in total. The molecule has 4 heterocycles. The summed E-state index contributed by atoms with van der Waals surface area (Å²) in [5.74, 6) is -12.6. The second-order valence-corrected chi connectivity index (χ2v) is 26.0. The number of hydrogen-bond donors (Lipinski definition) is 8. The van der Waals surface area contributed by atoms with E-state index in [2.05, 4.69) is 34.7 Å². The third kappa shape index (κ3) is 16.7. The van der Waals surface area contributed by atoms with E-state index in [1.54, 1.807) is 34.6 Å². The van der Waals surface area contributed by atoms with Crippen LogP contribution >= 0.6 is 7.60 Å². The highest BCUT2D eigenvalue weighted by molar-refractivity contribution is 7.51. The fraction of sp³-hybridized carbons (Fsp3) is 0.607. The number of likely N-dealkylation sites (tertiary alicyclic amines) is 1. The first-order chi connectivity index (χ1) is 42.1. The average molecular weight is 1280 g/mol. The lowest BCUT2D eigenvalue weighted by Crippen LogP contribution is -2.50. The topological polar surface area (TPSA) is 383 Å². The Labute approximate surface area is 522 Å². The summed E-state index contributed by atoms with van der Waals surface area (Å²) in [6, 6.07) is -1.65. The van der Waals surface area contributed by atoms with Crippen molar-refractivity contribution in [2.24, 2.45) is 34.6 Å². The van der Waals surface area contributed by atoms with E-state index in [0.717, 1.165) is 17.5 Å². The third-order valence-electron chi connectivity index (χ3n) is 16.5. The van der Waals surface area contributed by atoms with E-state index in [1.165, 1.54) is 67.2 Å². The van der Waals surface area contributed by atoms with Gasteiger partial charge < -0.3 is 84.2 Å². The monoisotopic (exact) mass is 1280 g/mol. The van der Waals surface area contributed by atoms with Gasteiger partial charge in [0.25, 0.3) is 11.7 Å². The number of aliphatic hydroxyl groups excluding tert-OH is 1. The molecule has 4 aliphatic heterocycles. The van der Waals surface area contributed by atoms with Crippen molar-refractivity contribution in [3.05, 3.63) is 69.5 Å². The molecule has 496 valence electrons. The van der Waals surface area contributed by atoms with Gasteiger partial charge in [0.05, 0.1) is 47.6 Å². The van der Waals surface area contributed by atoms with Crippen LogP contribution in [0.5, 0.6) is 11.5 Å². The summed E-state index contributed by atoms with van der Waals surface area (Å²) in [5.41, 5.74) is -1.78. The normalized spacial score (nSPS) is 26.4. The molecule has 0 radical (unpaired) electrons. The van der Waals surface area contributed by atoms with Gasteiger partial charge in [-0.2, -0.15) is 0 Å². The van der Waals surface area contributed by atoms with Gasteiger partial charge in [-0.05, 0) is 44.3 Å². The van der Waals surface area contributed by atoms with Gasteiger partial charge >= 0.3 is 31.4 Å². The molecule has 1 spiro atoms. The predicted molar refractivity (Wildman–Crippen MR) is 322 cm³/mol. The van der Waals surface area contributed by atoms with Crippen LogP contribution in [0.2, 0.25) is 0 Å². The van der Waals surface area contributed by atoms with Crippen molar-refractivity contribution in [3.63, 3.8) is 0 Å². The number of amides is 4. The van der Waals surface area contributed by atoms with Crippen molar-refractivity contribution in [3.8, 4) is 11.5 Å². The number of hydrogen-bond acceptors (Lipinski definition) is 22. The van der Waals surface area contributed by atoms with Crippen molar-refractivity contribution in [1.82, 2.24) is 31.1 Å². The number of benzene rings is 1. The SMILES string of the molecule is CCC(=O)OCOC(=O)N[C@@H](CCC(=O)NCP(=O)(O)O)C(=O)N(C)CC(=O)/C1=C\C=C(\C)C(=O)NC2=C3NC4(CCN(CC(C)C)CC4)N=C3c3c(c(O)c(C)c4c3C(=O)[C@@](C)(O/C=C/[C@H](OC)[C@@H](C)[C@@H](OC(C)=O)[C@H](C)[C@H](O)[C@H](C)[C@H](C(C)C)O1)O4)C2=O. The van der Waals surface area contributed by atoms with E-state index >= 15 is 9.59 Å². The first-order valence-corrected chi connectivity index (χ1v) is 31.7. The van der Waals surface area contributed by atoms with Crippen LogP contribution < -0.4 is 26.0 Å². The van der Waals surface area contributed by atoms with Crippen molar-refractivity contribution in [1.29, 1.82) is 0 Å². The van der Waals surface area contributed by atoms with Gasteiger partial charge in [0.2, 0.25) is 30.2 Å². The maximum atomic E-state index is 15.2. The summed E-state index contributed by atoms with van der Waals surface area (Å²) in [7, 11) is -2.12. The Morgan fingerprint density at radius 2 is 1.62 bits per heavy atom. The first kappa shape index (κ1) is 71.6. The number of aromatic hydroxyl groups is 1. The number of ether oxygens (including phenoxy) is 7. The lowest BCUT2D eigenvalue weighted by atomic mass is 9.78. The zero-order valence-electron chi connectivity index (χ0n) is 53.4. The number of phenolic OH excluding ortho intramolecular Hbond substituents is 1. The number of nitrogens with zero attached hydrogens (tertiary/aromatic N) is 3. The van der Waals surface area contributed by atoms with Gasteiger partial charge in [0, 0.05) is 108 Å². The number of aliphatic hydroxyl groups is 1. The largest absolute Gasteiger partial charge is 0.507 e. The van der Waals surface area contributed by atoms with E-state index in [0.29, 0.717) is 31.8 Å². The molecule has 1 fully saturated rings. The number of nitrogens with one attached hydrogen (secondary N) is 4. The highest BCUT2D eigenvalue weighted by Crippen LogP contribution is 2.50. The van der Waals surface area contributed by atoms with Crippen LogP contribution in [0.1, 0.15) is 140 Å². The summed E-state index contributed by atoms with van der Waals surface area (Å²) in [6.45, 7) is 19.9. The molecule has 0 unspecified atom stereocenters. The molecule has 4 bridgehead atoms. The van der Waals surface area contributed by atoms with E-state index in [1.807, 2.05) is 5.32 Å². The van der Waals surface area contributed by atoms with Crippen LogP contribution in [-0.4, -0.2) is 184 Å². The van der Waals surface area contributed by atoms with Crippen molar-refractivity contribution >= 4 is 66.4 Å². The number of aliphatic imine (C=N–C) groups is 1. The number of Topliss-reactive ketones (excluding diaryl/α,β-unsaturated/α-hetero) is 3. The number of piperidine rings is 1. The molecular formula is C61H86N7O21P. The molecule has 0 saturated carbocycles. The number of allylic oxidation sites excluding steroid dienone is 4. The summed E-state index contributed by atoms with van der Waals surface area (Å²) in [5, 5.41) is 34.9. The Bertz CT molecular complexity index is 3190. The van der Waals surface area contributed by atoms with Gasteiger partial charge in [-0.25, -0.2) is 4.79 Å². The van der Waals surface area contributed by atoms with Gasteiger partial charge in [-0.1, -0.05) is 61.5 Å². The first-order valence-electron chi connectivity index (χ1n) is 29.9. The van der Waals surface area contributed by atoms with Crippen LogP contribution in [0.3, 0.4) is 0 Å². The maximum Gasteiger partial charge on any atom is 0.410 e. The second-order valence-electron chi connectivity index (χ2n) is 24.3. The standard InChI is InChI=1S/C61H86N7O21P/c1-15-43(72)84-29-85-59(79)63-38(17-19-42(71)62-28-90(80,81)82)58(78)67(13)27-39(70)41-18-16-32(6)57(77)64-49-48-47(65-61(66-48)21-23-68(24-22-61)26-30(2)3)44-45(52(49)75)51(74)36(10)55-46(44)56(76)60(12,89-55)86-25-20-40(83-14)33(7)54(87-37(11)69)35(9)50(73)34(8)53(88-41)31(4)5/h16,18,20,25,30-31,33-35,38,40,50,53-54,66,73-74H,15,17,19,21-24,26-29H2,1-14H3,(H,62,71)(H,63,79)(H,64,77)(H2,80,81,82)/b25-20+,32-16-,41-18+/t33-,34+,35-,38+,40+,50-,53+,54-,60+/m1/s1. The van der Waals surface area contributed by atoms with E-state index in [9.17, 15) is 58.1 Å². The lowest BCUT2D eigenvalue weighted by molar-refractivity contribution is -0.161. The van der Waals surface area contributed by atoms with Crippen LogP contribution in [-0.2, 0) is 61.8 Å². The Morgan fingerprint density at radius 1 is 0.956 bits per heavy atom. The molecule has 4 amide bonds. The van der Waals surface area contributed by atoms with Gasteiger partial charge in [0.15, 0.2) is 5.76 Å². The molecule has 1 aliphatic carbocycles. The second kappa shape index (κ2) is 29.6. The predicted octanol–water partition coefficient (Wildman–Crippen LogP) is 4.05. The Hall–Kier alpha value is -7.49. The highest BCUT2D eigenvalue weighted by atomic mass is 31.2. The van der Waals surface area contributed by atoms with Crippen LogP contribution in [0.25, 0.3) is 0 Å². The Balaban J connectivity index is 1.48. The fourth-order valence-corrected chi connectivity index (χ4v) is 12.0. The van der Waals surface area contributed by atoms with Crippen LogP contribution in [0, 0.1) is 36.5 Å². The zero-order chi connectivity index (χ0) is 67.1. The minimum Gasteiger partial charge on any atom is -0.507 e. The van der Waals surface area contributed by atoms with Crippen LogP contribution in [0.15, 0.2) is 52.2 Å². The summed E-state index contributed by atoms with van der Waals surface area (Å²) in [6.07, 6.45) is -1.99. The number of methoxy groups -OCH3 is 1. The molecule has 90 heavy (non-hydrogen) atoms. The number of ketones is 3. The number of carbonyl (C=O) groups excluding carboxylic acids is 9. The van der Waals surface area contributed by atoms with E-state index in [4.69, 9.17) is 38.2 Å². The number of alkyl carbamates (subject to hydrolysis) is 1. The molecule has 1 aromatic rings. The number of fused-ring (bicyclic) bond motifs is 1. The number of likely N-dealkylation sites (N-methyl/N-ethyl adjacent to an activating group) is 1. The Morgan fingerprint density at radius 3 is 2.22 bits per heavy atom. The average Bonchev–Trinajstić information content (AvgIpc) is 1.51. The molecule has 0 aromatic heterocycles. The quantitative estimate of drug-likeness (QED) is 0.0584. The molecule has 5 aliphatic rings. The molecule has 29 heteroatoms. The molecule has 1 saturated heterocycles. The zero-order valence-corrected chi connectivity index (χ0v) is 54.3. The number of phenols is 1. The maximum absolute atomic E-state index is 15.2. The van der Waals surface area contributed by atoms with Crippen LogP contribution in [0.4, 0.5) is 4.79 Å². The Kier molecular flexibility index (Phi) is 23.6. The van der Waals surface area contributed by atoms with Gasteiger partial charge in [-0.15, -0.1) is 0 Å². The minimum absolute atomic E-state index is 0.00824. The lowest BCUT2D eigenvalue weighted by Gasteiger charge is -2.39. The summed E-state index contributed by atoms with van der Waals surface area (Å²) >= 11 is 0. The van der Waals surface area contributed by atoms with Crippen molar-refractivity contribution in [2.45, 2.75) is 157 Å². The van der Waals surface area contributed by atoms with Gasteiger partial charge in [-0.3, -0.25) is 47.9 Å². The molecule has 8 N–H and O–H groups in total. The number of esters is 2. The van der Waals surface area contributed by atoms with E-state index < -0.39 is 170 Å². The molecule has 6 rings (SSSR count). The molecular weight excluding hydrogens is 1200 g/mol. The van der Waals surface area contributed by atoms with E-state index in [-0.39, 0.29) is 57.1 Å². The minimum atomic E-state index is -4.70.